The molecule has 7 nitrogen and oxygen atoms in total. The lowest BCUT2D eigenvalue weighted by Crippen LogP contribution is -2.32. The summed E-state index contributed by atoms with van der Waals surface area (Å²) < 4.78 is 13.1. The van der Waals surface area contributed by atoms with Crippen LogP contribution in [0, 0.1) is 13.8 Å². The number of hydrogen-bond donors (Lipinski definition) is 0. The van der Waals surface area contributed by atoms with Crippen LogP contribution in [-0.2, 0) is 11.3 Å². The monoisotopic (exact) mass is 453 g/mol. The van der Waals surface area contributed by atoms with Crippen LogP contribution >= 0.6 is 11.3 Å². The van der Waals surface area contributed by atoms with Gasteiger partial charge in [0, 0.05) is 30.8 Å². The number of rotatable bonds is 4. The van der Waals surface area contributed by atoms with Crippen molar-refractivity contribution in [1.29, 1.82) is 0 Å². The molecule has 8 heteroatoms. The van der Waals surface area contributed by atoms with Crippen LogP contribution in [0.25, 0.3) is 10.2 Å². The minimum Gasteiger partial charge on any atom is -0.490 e. The second kappa shape index (κ2) is 8.58. The third-order valence-electron chi connectivity index (χ3n) is 6.45. The van der Waals surface area contributed by atoms with Gasteiger partial charge in [-0.25, -0.2) is 4.98 Å². The lowest BCUT2D eigenvalue weighted by atomic mass is 10.0. The molecule has 2 aromatic heterocycles. The van der Waals surface area contributed by atoms with E-state index in [2.05, 4.69) is 4.98 Å². The van der Waals surface area contributed by atoms with E-state index in [1.54, 1.807) is 10.9 Å². The Morgan fingerprint density at radius 2 is 2.00 bits per heavy atom. The molecule has 1 amide bonds. The second-order valence-corrected chi connectivity index (χ2v) is 9.66. The summed E-state index contributed by atoms with van der Waals surface area (Å²) in [6.07, 6.45) is 4.59. The van der Waals surface area contributed by atoms with Crippen molar-refractivity contribution < 1.29 is 14.3 Å². The van der Waals surface area contributed by atoms with E-state index in [1.807, 2.05) is 36.9 Å². The molecule has 1 aromatic carbocycles. The average molecular weight is 454 g/mol. The Morgan fingerprint density at radius 1 is 1.19 bits per heavy atom. The van der Waals surface area contributed by atoms with Crippen molar-refractivity contribution in [3.05, 3.63) is 50.9 Å². The van der Waals surface area contributed by atoms with Crippen LogP contribution < -0.4 is 15.0 Å². The van der Waals surface area contributed by atoms with Gasteiger partial charge in [0.2, 0.25) is 5.91 Å². The topological polar surface area (TPSA) is 73.7 Å². The molecule has 0 N–H and O–H groups in total. The van der Waals surface area contributed by atoms with Crippen LogP contribution in [0.5, 0.6) is 11.5 Å². The molecule has 2 aliphatic heterocycles. The van der Waals surface area contributed by atoms with Gasteiger partial charge in [0.05, 0.1) is 31.0 Å². The van der Waals surface area contributed by atoms with E-state index in [0.717, 1.165) is 58.1 Å². The Balaban J connectivity index is 1.32. The Bertz CT molecular complexity index is 1230. The number of fused-ring (bicyclic) bond motifs is 2. The average Bonchev–Trinajstić information content (AvgIpc) is 3.30. The van der Waals surface area contributed by atoms with Crippen LogP contribution in [0.1, 0.15) is 47.7 Å². The summed E-state index contributed by atoms with van der Waals surface area (Å²) in [5.74, 6) is 1.58. The highest BCUT2D eigenvalue weighted by atomic mass is 32.1. The maximum atomic E-state index is 13.1. The van der Waals surface area contributed by atoms with Crippen molar-refractivity contribution in [2.75, 3.05) is 19.8 Å². The predicted molar refractivity (Wildman–Crippen MR) is 124 cm³/mol. The highest BCUT2D eigenvalue weighted by molar-refractivity contribution is 7.18. The molecular weight excluding hydrogens is 426 g/mol. The fraction of sp³-hybridized carbons (Fsp3) is 0.458. The minimum absolute atomic E-state index is 0.0266. The zero-order valence-electron chi connectivity index (χ0n) is 18.4. The number of nitrogens with zero attached hydrogens (tertiary/aromatic N) is 3. The predicted octanol–water partition coefficient (Wildman–Crippen LogP) is 3.99. The summed E-state index contributed by atoms with van der Waals surface area (Å²) in [5, 5.41) is 0.675. The van der Waals surface area contributed by atoms with E-state index in [4.69, 9.17) is 9.47 Å². The fourth-order valence-electron chi connectivity index (χ4n) is 4.59. The van der Waals surface area contributed by atoms with Gasteiger partial charge in [-0.2, -0.15) is 0 Å². The summed E-state index contributed by atoms with van der Waals surface area (Å²) in [6, 6.07) is 6.02. The fourth-order valence-corrected chi connectivity index (χ4v) is 5.58. The zero-order chi connectivity index (χ0) is 22.2. The normalized spacial score (nSPS) is 18.2. The van der Waals surface area contributed by atoms with Crippen LogP contribution in [0.15, 0.2) is 29.3 Å². The summed E-state index contributed by atoms with van der Waals surface area (Å²) >= 11 is 1.54. The molecule has 0 radical (unpaired) electrons. The molecule has 1 fully saturated rings. The highest BCUT2D eigenvalue weighted by Crippen LogP contribution is 2.38. The summed E-state index contributed by atoms with van der Waals surface area (Å²) in [4.78, 5) is 34.3. The van der Waals surface area contributed by atoms with Gasteiger partial charge in [-0.3, -0.25) is 14.2 Å². The lowest BCUT2D eigenvalue weighted by molar-refractivity contribution is -0.132. The maximum absolute atomic E-state index is 13.1. The first kappa shape index (κ1) is 21.0. The number of carbonyl (C=O) groups excluding carboxylic acids is 1. The van der Waals surface area contributed by atoms with E-state index in [-0.39, 0.29) is 23.9 Å². The Labute approximate surface area is 190 Å². The van der Waals surface area contributed by atoms with Gasteiger partial charge in [0.25, 0.3) is 5.56 Å². The Morgan fingerprint density at radius 3 is 2.84 bits per heavy atom. The third kappa shape index (κ3) is 3.77. The van der Waals surface area contributed by atoms with Crippen molar-refractivity contribution in [3.63, 3.8) is 0 Å². The number of thiophene rings is 1. The van der Waals surface area contributed by atoms with E-state index in [1.165, 1.54) is 11.3 Å². The van der Waals surface area contributed by atoms with E-state index >= 15 is 0 Å². The number of carbonyl (C=O) groups is 1. The molecule has 0 saturated carbocycles. The van der Waals surface area contributed by atoms with Crippen LogP contribution in [0.4, 0.5) is 0 Å². The molecule has 5 rings (SSSR count). The molecule has 1 saturated heterocycles. The molecule has 32 heavy (non-hydrogen) atoms. The molecule has 0 aliphatic carbocycles. The van der Waals surface area contributed by atoms with Gasteiger partial charge in [-0.15, -0.1) is 11.3 Å². The first-order chi connectivity index (χ1) is 15.5. The second-order valence-electron chi connectivity index (χ2n) is 8.46. The van der Waals surface area contributed by atoms with Gasteiger partial charge < -0.3 is 14.4 Å². The van der Waals surface area contributed by atoms with Crippen molar-refractivity contribution in [2.45, 2.75) is 52.1 Å². The molecule has 2 aliphatic rings. The smallest absolute Gasteiger partial charge is 0.262 e. The van der Waals surface area contributed by atoms with E-state index in [0.29, 0.717) is 25.1 Å². The van der Waals surface area contributed by atoms with Crippen LogP contribution in [0.3, 0.4) is 0 Å². The van der Waals surface area contributed by atoms with E-state index < -0.39 is 0 Å². The number of ether oxygens (including phenoxy) is 2. The zero-order valence-corrected chi connectivity index (χ0v) is 19.2. The number of benzene rings is 1. The summed E-state index contributed by atoms with van der Waals surface area (Å²) in [5.41, 5.74) is 1.99. The molecule has 1 unspecified atom stereocenters. The molecule has 0 bridgehead atoms. The Hall–Kier alpha value is -2.87. The largest absolute Gasteiger partial charge is 0.490 e. The van der Waals surface area contributed by atoms with Crippen molar-refractivity contribution in [3.8, 4) is 11.5 Å². The first-order valence-corrected chi connectivity index (χ1v) is 12.0. The standard InChI is InChI=1S/C24H27N3O4S/c1-15-16(2)32-23-22(15)24(29)26(14-25-23)10-8-21(28)27-9-3-5-18(27)17-6-7-19-20(13-17)31-12-4-11-30-19/h6-7,13-14,18H,3-5,8-12H2,1-2H3. The molecule has 0 spiro atoms. The number of hydrogen-bond acceptors (Lipinski definition) is 6. The number of amides is 1. The quantitative estimate of drug-likeness (QED) is 0.597. The van der Waals surface area contributed by atoms with Crippen molar-refractivity contribution in [1.82, 2.24) is 14.5 Å². The van der Waals surface area contributed by atoms with Crippen LogP contribution in [-0.4, -0.2) is 40.1 Å². The van der Waals surface area contributed by atoms with Crippen LogP contribution in [0.2, 0.25) is 0 Å². The molecular formula is C24H27N3O4S. The minimum atomic E-state index is -0.0643. The Kier molecular flexibility index (Phi) is 5.63. The summed E-state index contributed by atoms with van der Waals surface area (Å²) in [6.45, 7) is 6.32. The maximum Gasteiger partial charge on any atom is 0.262 e. The van der Waals surface area contributed by atoms with Gasteiger partial charge in [0.1, 0.15) is 4.83 Å². The van der Waals surface area contributed by atoms with Gasteiger partial charge in [0.15, 0.2) is 11.5 Å². The lowest BCUT2D eigenvalue weighted by Gasteiger charge is -2.26. The number of aryl methyl sites for hydroxylation is 3. The highest BCUT2D eigenvalue weighted by Gasteiger charge is 2.30. The van der Waals surface area contributed by atoms with Gasteiger partial charge in [-0.1, -0.05) is 6.07 Å². The van der Waals surface area contributed by atoms with E-state index in [9.17, 15) is 9.59 Å². The molecule has 4 heterocycles. The SMILES string of the molecule is Cc1sc2ncn(CCC(=O)N3CCCC3c3ccc4c(c3)OCCCO4)c(=O)c2c1C. The first-order valence-electron chi connectivity index (χ1n) is 11.2. The van der Waals surface area contributed by atoms with Gasteiger partial charge >= 0.3 is 0 Å². The molecule has 1 atom stereocenters. The summed E-state index contributed by atoms with van der Waals surface area (Å²) in [7, 11) is 0. The molecule has 3 aromatic rings. The number of likely N-dealkylation sites (tertiary alicyclic amines) is 1. The van der Waals surface area contributed by atoms with Crippen molar-refractivity contribution in [2.24, 2.45) is 0 Å². The number of aromatic nitrogens is 2. The molecule has 168 valence electrons. The van der Waals surface area contributed by atoms with Crippen molar-refractivity contribution >= 4 is 27.5 Å². The third-order valence-corrected chi connectivity index (χ3v) is 7.57. The van der Waals surface area contributed by atoms with Gasteiger partial charge in [-0.05, 0) is 49.9 Å².